The van der Waals surface area contributed by atoms with Crippen LogP contribution in [0.15, 0.2) is 243 Å². The Morgan fingerprint density at radius 2 is 0.551 bits per heavy atom. The van der Waals surface area contributed by atoms with Gasteiger partial charge in [0.15, 0.2) is 0 Å². The minimum Gasteiger partial charge on any atom is -0.0622 e. The number of hydrogen-bond donors (Lipinski definition) is 0. The van der Waals surface area contributed by atoms with Gasteiger partial charge in [-0.1, -0.05) is 226 Å². The molecule has 0 bridgehead atoms. The summed E-state index contributed by atoms with van der Waals surface area (Å²) in [5, 5.41) is 15.0. The van der Waals surface area contributed by atoms with Gasteiger partial charge < -0.3 is 0 Å². The maximum Gasteiger partial charge on any atom is 0.0159 e. The Balaban J connectivity index is 1.01. The zero-order valence-electron chi connectivity index (χ0n) is 38.6. The largest absolute Gasteiger partial charge is 0.0622 e. The second kappa shape index (κ2) is 15.2. The van der Waals surface area contributed by atoms with Crippen LogP contribution in [-0.2, 0) is 5.41 Å². The summed E-state index contributed by atoms with van der Waals surface area (Å²) in [6, 6.07) is 91.0. The fourth-order valence-electron chi connectivity index (χ4n) is 12.1. The van der Waals surface area contributed by atoms with E-state index in [9.17, 15) is 0 Å². The van der Waals surface area contributed by atoms with Crippen molar-refractivity contribution in [2.75, 3.05) is 0 Å². The van der Waals surface area contributed by atoms with Crippen LogP contribution in [0, 0.1) is 0 Å². The molecule has 0 saturated heterocycles. The highest BCUT2D eigenvalue weighted by molar-refractivity contribution is 6.25. The third-order valence-corrected chi connectivity index (χ3v) is 15.4. The van der Waals surface area contributed by atoms with Gasteiger partial charge in [-0.25, -0.2) is 0 Å². The lowest BCUT2D eigenvalue weighted by Gasteiger charge is -2.23. The molecule has 0 spiro atoms. The number of hydrogen-bond acceptors (Lipinski definition) is 0. The molecule has 0 radical (unpaired) electrons. The van der Waals surface area contributed by atoms with E-state index in [1.165, 1.54) is 143 Å². The summed E-state index contributed by atoms with van der Waals surface area (Å²) in [7, 11) is 0. The molecule has 0 aliphatic heterocycles. The Morgan fingerprint density at radius 3 is 1.04 bits per heavy atom. The Bertz CT molecular complexity index is 4210. The molecular weight excluding hydrogens is 829 g/mol. The summed E-state index contributed by atoms with van der Waals surface area (Å²) in [6.07, 6.45) is 0. The van der Waals surface area contributed by atoms with Crippen molar-refractivity contribution >= 4 is 64.6 Å². The topological polar surface area (TPSA) is 0 Å². The molecule has 0 heteroatoms. The zero-order chi connectivity index (χ0) is 45.8. The smallest absolute Gasteiger partial charge is 0.0159 e. The molecular formula is C69H46. The molecule has 0 atom stereocenters. The molecule has 0 amide bonds. The first-order valence-corrected chi connectivity index (χ1v) is 24.2. The fourth-order valence-corrected chi connectivity index (χ4v) is 12.1. The van der Waals surface area contributed by atoms with Gasteiger partial charge in [-0.05, 0) is 173 Å². The van der Waals surface area contributed by atoms with Gasteiger partial charge in [0.05, 0.1) is 0 Å². The second-order valence-corrected chi connectivity index (χ2v) is 19.5. The summed E-state index contributed by atoms with van der Waals surface area (Å²) >= 11 is 0. The zero-order valence-corrected chi connectivity index (χ0v) is 38.6. The molecule has 322 valence electrons. The van der Waals surface area contributed by atoms with Crippen LogP contribution < -0.4 is 0 Å². The number of rotatable bonds is 5. The van der Waals surface area contributed by atoms with Gasteiger partial charge in [0, 0.05) is 5.41 Å². The highest BCUT2D eigenvalue weighted by Gasteiger charge is 2.36. The third-order valence-electron chi connectivity index (χ3n) is 15.4. The summed E-state index contributed by atoms with van der Waals surface area (Å²) in [6.45, 7) is 4.80. The van der Waals surface area contributed by atoms with Crippen molar-refractivity contribution in [2.45, 2.75) is 19.3 Å². The van der Waals surface area contributed by atoms with Crippen LogP contribution >= 0.6 is 0 Å². The number of fused-ring (bicyclic) bond motifs is 9. The van der Waals surface area contributed by atoms with E-state index in [1.54, 1.807) is 0 Å². The van der Waals surface area contributed by atoms with Crippen molar-refractivity contribution in [3.8, 4) is 66.8 Å². The Kier molecular flexibility index (Phi) is 8.73. The molecule has 0 heterocycles. The Morgan fingerprint density at radius 1 is 0.217 bits per heavy atom. The summed E-state index contributed by atoms with van der Waals surface area (Å²) in [5.41, 5.74) is 17.8. The molecule has 0 aromatic heterocycles. The van der Waals surface area contributed by atoms with Gasteiger partial charge in [-0.15, -0.1) is 0 Å². The van der Waals surface area contributed by atoms with Crippen LogP contribution in [0.2, 0.25) is 0 Å². The average molecular weight is 875 g/mol. The number of benzene rings is 13. The highest BCUT2D eigenvalue weighted by atomic mass is 14.4. The quantitative estimate of drug-likeness (QED) is 0.151. The summed E-state index contributed by atoms with van der Waals surface area (Å²) < 4.78 is 0. The SMILES string of the molecule is CC1(C)c2cc(-c3ccccc3)ccc2-c2ccc(-c3c4ccccc4c(-c4ccc5c(-c6ccc7ccccc7c6)c6ccccc6c(-c6ccc7ccccc7c6)c5c4)c4ccccc34)cc21. The van der Waals surface area contributed by atoms with Crippen molar-refractivity contribution in [3.63, 3.8) is 0 Å². The Labute approximate surface area is 402 Å². The van der Waals surface area contributed by atoms with E-state index >= 15 is 0 Å². The van der Waals surface area contributed by atoms with Crippen LogP contribution in [0.1, 0.15) is 25.0 Å². The van der Waals surface area contributed by atoms with E-state index in [2.05, 4.69) is 257 Å². The van der Waals surface area contributed by atoms with Gasteiger partial charge >= 0.3 is 0 Å². The molecule has 69 heavy (non-hydrogen) atoms. The average Bonchev–Trinajstić information content (AvgIpc) is 3.63. The summed E-state index contributed by atoms with van der Waals surface area (Å²) in [4.78, 5) is 0. The highest BCUT2D eigenvalue weighted by Crippen LogP contribution is 2.53. The van der Waals surface area contributed by atoms with Crippen molar-refractivity contribution < 1.29 is 0 Å². The minimum absolute atomic E-state index is 0.166. The van der Waals surface area contributed by atoms with E-state index in [1.807, 2.05) is 0 Å². The maximum absolute atomic E-state index is 2.50. The van der Waals surface area contributed by atoms with Gasteiger partial charge in [-0.3, -0.25) is 0 Å². The molecule has 14 rings (SSSR count). The predicted molar refractivity (Wildman–Crippen MR) is 296 cm³/mol. The fraction of sp³-hybridized carbons (Fsp3) is 0.0435. The first-order valence-electron chi connectivity index (χ1n) is 24.2. The van der Waals surface area contributed by atoms with E-state index < -0.39 is 0 Å². The first kappa shape index (κ1) is 39.6. The van der Waals surface area contributed by atoms with Gasteiger partial charge in [0.25, 0.3) is 0 Å². The van der Waals surface area contributed by atoms with Crippen LogP contribution in [0.3, 0.4) is 0 Å². The van der Waals surface area contributed by atoms with Crippen LogP contribution in [0.25, 0.3) is 131 Å². The standard InChI is InChI=1S/C69H46/c1-69(2)63-41-48(43-16-4-3-5-17-43)32-35-53(63)54-36-33-52(42-64(54)69)67-57-24-12-10-22-55(57)66(56-23-11-13-25-58(56)67)51-34-37-61-62(40-51)68(50-31-29-45-19-7-9-21-47(45)39-50)60-27-15-14-26-59(60)65(61)49-30-28-44-18-6-8-20-46(44)38-49/h3-42H,1-2H3. The molecule has 0 nitrogen and oxygen atoms in total. The minimum atomic E-state index is -0.166. The normalized spacial score (nSPS) is 12.9. The maximum atomic E-state index is 2.50. The van der Waals surface area contributed by atoms with E-state index in [-0.39, 0.29) is 5.41 Å². The predicted octanol–water partition coefficient (Wildman–Crippen LogP) is 19.2. The van der Waals surface area contributed by atoms with Crippen molar-refractivity contribution in [3.05, 3.63) is 254 Å². The lowest BCUT2D eigenvalue weighted by Crippen LogP contribution is -2.15. The monoisotopic (exact) mass is 874 g/mol. The molecule has 13 aromatic carbocycles. The lowest BCUT2D eigenvalue weighted by atomic mass is 9.79. The molecule has 1 aliphatic carbocycles. The molecule has 0 N–H and O–H groups in total. The van der Waals surface area contributed by atoms with Crippen LogP contribution in [0.5, 0.6) is 0 Å². The second-order valence-electron chi connectivity index (χ2n) is 19.5. The first-order chi connectivity index (χ1) is 34.0. The van der Waals surface area contributed by atoms with Crippen LogP contribution in [-0.4, -0.2) is 0 Å². The van der Waals surface area contributed by atoms with Crippen molar-refractivity contribution in [1.82, 2.24) is 0 Å². The Hall–Kier alpha value is -8.58. The van der Waals surface area contributed by atoms with E-state index in [0.717, 1.165) is 0 Å². The third kappa shape index (κ3) is 6.09. The molecule has 1 aliphatic rings. The van der Waals surface area contributed by atoms with Gasteiger partial charge in [-0.2, -0.15) is 0 Å². The molecule has 0 fully saturated rings. The molecule has 0 unspecified atom stereocenters. The van der Waals surface area contributed by atoms with Gasteiger partial charge in [0.1, 0.15) is 0 Å². The molecule has 13 aromatic rings. The van der Waals surface area contributed by atoms with E-state index in [0.29, 0.717) is 0 Å². The summed E-state index contributed by atoms with van der Waals surface area (Å²) in [5.74, 6) is 0. The van der Waals surface area contributed by atoms with Gasteiger partial charge in [0.2, 0.25) is 0 Å². The van der Waals surface area contributed by atoms with Crippen LogP contribution in [0.4, 0.5) is 0 Å². The van der Waals surface area contributed by atoms with Crippen molar-refractivity contribution in [1.29, 1.82) is 0 Å². The molecule has 0 saturated carbocycles. The van der Waals surface area contributed by atoms with Crippen molar-refractivity contribution in [2.24, 2.45) is 0 Å². The lowest BCUT2D eigenvalue weighted by molar-refractivity contribution is 0.661. The van der Waals surface area contributed by atoms with E-state index in [4.69, 9.17) is 0 Å².